The van der Waals surface area contributed by atoms with E-state index in [-0.39, 0.29) is 10.6 Å². The molecule has 0 N–H and O–H groups in total. The number of hydrogen-bond donors (Lipinski definition) is 0. The number of rotatable bonds is 4. The van der Waals surface area contributed by atoms with Gasteiger partial charge in [0.05, 0.1) is 37.4 Å². The van der Waals surface area contributed by atoms with E-state index in [1.54, 1.807) is 37.6 Å². The minimum atomic E-state index is -0.555. The van der Waals surface area contributed by atoms with Gasteiger partial charge < -0.3 is 14.4 Å². The predicted octanol–water partition coefficient (Wildman–Crippen LogP) is 3.24. The molecule has 7 nitrogen and oxygen atoms in total. The van der Waals surface area contributed by atoms with E-state index in [1.807, 2.05) is 17.0 Å². The van der Waals surface area contributed by atoms with Gasteiger partial charge in [-0.3, -0.25) is 4.79 Å². The third-order valence-electron chi connectivity index (χ3n) is 5.20. The largest absolute Gasteiger partial charge is 0.497 e. The lowest BCUT2D eigenvalue weighted by atomic mass is 9.99. The first-order valence-corrected chi connectivity index (χ1v) is 9.77. The van der Waals surface area contributed by atoms with Crippen LogP contribution < -0.4 is 15.2 Å². The highest BCUT2D eigenvalue weighted by molar-refractivity contribution is 6.33. The Morgan fingerprint density at radius 3 is 2.67 bits per heavy atom. The zero-order chi connectivity index (χ0) is 21.3. The summed E-state index contributed by atoms with van der Waals surface area (Å²) in [7, 11) is 2.92. The van der Waals surface area contributed by atoms with E-state index in [9.17, 15) is 9.59 Å². The van der Waals surface area contributed by atoms with E-state index in [1.165, 1.54) is 12.7 Å². The highest BCUT2D eigenvalue weighted by Gasteiger charge is 2.23. The van der Waals surface area contributed by atoms with Crippen molar-refractivity contribution in [2.24, 2.45) is 0 Å². The van der Waals surface area contributed by atoms with Crippen molar-refractivity contribution in [2.75, 3.05) is 25.7 Å². The fourth-order valence-electron chi connectivity index (χ4n) is 3.62. The van der Waals surface area contributed by atoms with Gasteiger partial charge in [-0.1, -0.05) is 29.8 Å². The predicted molar refractivity (Wildman–Crippen MR) is 114 cm³/mol. The molecule has 154 valence electrons. The van der Waals surface area contributed by atoms with Crippen LogP contribution in [-0.2, 0) is 17.7 Å². The lowest BCUT2D eigenvalue weighted by Crippen LogP contribution is -2.33. The molecule has 0 aliphatic carbocycles. The van der Waals surface area contributed by atoms with Gasteiger partial charge in [-0.15, -0.1) is 0 Å². The fourth-order valence-corrected chi connectivity index (χ4v) is 3.87. The first-order valence-electron chi connectivity index (χ1n) is 9.39. The third kappa shape index (κ3) is 3.52. The second kappa shape index (κ2) is 8.20. The van der Waals surface area contributed by atoms with Gasteiger partial charge >= 0.3 is 5.97 Å². The van der Waals surface area contributed by atoms with Crippen molar-refractivity contribution < 1.29 is 14.3 Å². The Morgan fingerprint density at radius 1 is 1.10 bits per heavy atom. The van der Waals surface area contributed by atoms with Crippen LogP contribution in [-0.4, -0.2) is 36.5 Å². The van der Waals surface area contributed by atoms with E-state index in [0.717, 1.165) is 22.4 Å². The number of methoxy groups -OCH3 is 2. The number of ether oxygens (including phenoxy) is 2. The number of anilines is 1. The van der Waals surface area contributed by atoms with Crippen LogP contribution in [0.5, 0.6) is 5.75 Å². The Balaban J connectivity index is 1.71. The number of fused-ring (bicyclic) bond motifs is 1. The number of carbonyl (C=O) groups is 1. The monoisotopic (exact) mass is 425 g/mol. The third-order valence-corrected chi connectivity index (χ3v) is 5.56. The average Bonchev–Trinajstić information content (AvgIpc) is 2.79. The number of carbonyl (C=O) groups excluding carboxylic acids is 1. The maximum atomic E-state index is 13.0. The lowest BCUT2D eigenvalue weighted by Gasteiger charge is -2.31. The van der Waals surface area contributed by atoms with Crippen molar-refractivity contribution in [1.29, 1.82) is 0 Å². The highest BCUT2D eigenvalue weighted by Crippen LogP contribution is 2.30. The maximum Gasteiger partial charge on any atom is 0.340 e. The minimum absolute atomic E-state index is 0.0519. The molecule has 1 aliphatic rings. The zero-order valence-corrected chi connectivity index (χ0v) is 17.3. The average molecular weight is 426 g/mol. The quantitative estimate of drug-likeness (QED) is 0.597. The highest BCUT2D eigenvalue weighted by atomic mass is 35.5. The normalized spacial score (nSPS) is 13.0. The van der Waals surface area contributed by atoms with Crippen LogP contribution in [0.4, 0.5) is 5.69 Å². The van der Waals surface area contributed by atoms with Crippen LogP contribution in [0, 0.1) is 0 Å². The van der Waals surface area contributed by atoms with Gasteiger partial charge in [0.2, 0.25) is 0 Å². The Kier molecular flexibility index (Phi) is 5.46. The zero-order valence-electron chi connectivity index (χ0n) is 16.6. The molecule has 0 amide bonds. The van der Waals surface area contributed by atoms with Crippen LogP contribution in [0.25, 0.3) is 5.69 Å². The summed E-state index contributed by atoms with van der Waals surface area (Å²) in [6.45, 7) is 1.30. The number of nitrogens with zero attached hydrogens (tertiary/aromatic N) is 3. The number of benzene rings is 2. The van der Waals surface area contributed by atoms with Crippen molar-refractivity contribution in [3.8, 4) is 11.4 Å². The molecule has 0 fully saturated rings. The van der Waals surface area contributed by atoms with Crippen molar-refractivity contribution in [3.05, 3.63) is 80.7 Å². The van der Waals surface area contributed by atoms with Crippen LogP contribution in [0.15, 0.2) is 53.5 Å². The van der Waals surface area contributed by atoms with Crippen molar-refractivity contribution in [3.63, 3.8) is 0 Å². The molecule has 0 unspecified atom stereocenters. The summed E-state index contributed by atoms with van der Waals surface area (Å²) in [6.07, 6.45) is 2.38. The smallest absolute Gasteiger partial charge is 0.340 e. The molecular formula is C22H20ClN3O4. The summed E-state index contributed by atoms with van der Waals surface area (Å²) >= 11 is 6.48. The molecule has 1 aliphatic heterocycles. The molecule has 2 heterocycles. The molecule has 0 saturated carbocycles. The fraction of sp³-hybridized carbons (Fsp3) is 0.227. The van der Waals surface area contributed by atoms with Crippen LogP contribution in [0.2, 0.25) is 5.02 Å². The second-order valence-corrected chi connectivity index (χ2v) is 7.25. The van der Waals surface area contributed by atoms with Crippen molar-refractivity contribution in [1.82, 2.24) is 9.78 Å². The SMILES string of the molecule is COC(=O)c1ccccc1-n1ncc(N2CCc3ccc(OC)cc3C2)c(Cl)c1=O. The van der Waals surface area contributed by atoms with Gasteiger partial charge in [0.15, 0.2) is 0 Å². The molecule has 8 heteroatoms. The Morgan fingerprint density at radius 2 is 1.90 bits per heavy atom. The maximum absolute atomic E-state index is 13.0. The summed E-state index contributed by atoms with van der Waals surface area (Å²) in [4.78, 5) is 27.1. The van der Waals surface area contributed by atoms with Gasteiger partial charge in [-0.2, -0.15) is 9.78 Å². The Bertz CT molecular complexity index is 1180. The molecule has 0 bridgehead atoms. The minimum Gasteiger partial charge on any atom is -0.497 e. The molecule has 30 heavy (non-hydrogen) atoms. The summed E-state index contributed by atoms with van der Waals surface area (Å²) < 4.78 is 11.3. The Labute approximate surface area is 178 Å². The molecule has 4 rings (SSSR count). The van der Waals surface area contributed by atoms with Gasteiger partial charge in [-0.05, 0) is 41.8 Å². The van der Waals surface area contributed by atoms with Gasteiger partial charge in [0.25, 0.3) is 5.56 Å². The van der Waals surface area contributed by atoms with E-state index in [4.69, 9.17) is 21.1 Å². The van der Waals surface area contributed by atoms with E-state index < -0.39 is 11.5 Å². The van der Waals surface area contributed by atoms with Crippen LogP contribution in [0.1, 0.15) is 21.5 Å². The summed E-state index contributed by atoms with van der Waals surface area (Å²) in [5.74, 6) is 0.232. The molecule has 0 radical (unpaired) electrons. The molecule has 0 spiro atoms. The summed E-state index contributed by atoms with van der Waals surface area (Å²) in [6, 6.07) is 12.6. The number of hydrogen-bond acceptors (Lipinski definition) is 6. The summed E-state index contributed by atoms with van der Waals surface area (Å²) in [5.41, 5.74) is 2.98. The second-order valence-electron chi connectivity index (χ2n) is 6.88. The Hall–Kier alpha value is -3.32. The number of para-hydroxylation sites is 1. The van der Waals surface area contributed by atoms with Crippen molar-refractivity contribution >= 4 is 23.3 Å². The number of esters is 1. The topological polar surface area (TPSA) is 73.7 Å². The van der Waals surface area contributed by atoms with Gasteiger partial charge in [0.1, 0.15) is 10.8 Å². The molecule has 3 aromatic rings. The van der Waals surface area contributed by atoms with Crippen LogP contribution in [0.3, 0.4) is 0 Å². The first kappa shape index (κ1) is 20.0. The molecule has 0 saturated heterocycles. The molecular weight excluding hydrogens is 406 g/mol. The van der Waals surface area contributed by atoms with E-state index >= 15 is 0 Å². The van der Waals surface area contributed by atoms with E-state index in [0.29, 0.717) is 24.5 Å². The van der Waals surface area contributed by atoms with Crippen LogP contribution >= 0.6 is 11.6 Å². The standard InChI is InChI=1S/C22H20ClN3O4/c1-29-16-8-7-14-9-10-25(13-15(14)11-16)19-12-24-26(21(27)20(19)23)18-6-4-3-5-17(18)22(28)30-2/h3-8,11-12H,9-10,13H2,1-2H3. The van der Waals surface area contributed by atoms with Crippen molar-refractivity contribution in [2.45, 2.75) is 13.0 Å². The van der Waals surface area contributed by atoms with Gasteiger partial charge in [0, 0.05) is 13.1 Å². The lowest BCUT2D eigenvalue weighted by molar-refractivity contribution is 0.0600. The number of halogens is 1. The summed E-state index contributed by atoms with van der Waals surface area (Å²) in [5, 5.41) is 4.35. The molecule has 2 aromatic carbocycles. The first-order chi connectivity index (χ1) is 14.5. The van der Waals surface area contributed by atoms with Gasteiger partial charge in [-0.25, -0.2) is 4.79 Å². The molecule has 1 aromatic heterocycles. The number of aromatic nitrogens is 2. The van der Waals surface area contributed by atoms with E-state index in [2.05, 4.69) is 11.2 Å². The molecule has 0 atom stereocenters.